The molecule has 2 N–H and O–H groups in total. The second-order valence-corrected chi connectivity index (χ2v) is 9.73. The fourth-order valence-electron chi connectivity index (χ4n) is 4.62. The maximum absolute atomic E-state index is 12.7. The van der Waals surface area contributed by atoms with E-state index in [2.05, 4.69) is 15.5 Å². The molecule has 1 unspecified atom stereocenters. The molecule has 39 heavy (non-hydrogen) atoms. The van der Waals surface area contributed by atoms with E-state index in [9.17, 15) is 14.4 Å². The van der Waals surface area contributed by atoms with Crippen LogP contribution in [0.2, 0.25) is 5.02 Å². The van der Waals surface area contributed by atoms with Gasteiger partial charge in [0.25, 0.3) is 0 Å². The van der Waals surface area contributed by atoms with E-state index in [0.717, 1.165) is 30.5 Å². The Balaban J connectivity index is 1.25. The highest BCUT2D eigenvalue weighted by Gasteiger charge is 2.21. The lowest BCUT2D eigenvalue weighted by Gasteiger charge is -2.20. The van der Waals surface area contributed by atoms with Gasteiger partial charge in [-0.2, -0.15) is 0 Å². The summed E-state index contributed by atoms with van der Waals surface area (Å²) in [7, 11) is 1.45. The third kappa shape index (κ3) is 7.81. The molecule has 3 aromatic rings. The third-order valence-electron chi connectivity index (χ3n) is 6.67. The molecular formula is C30H32ClN3O5. The molecule has 1 saturated heterocycles. The lowest BCUT2D eigenvalue weighted by molar-refractivity contribution is -0.116. The van der Waals surface area contributed by atoms with Gasteiger partial charge in [-0.25, -0.2) is 4.79 Å². The standard InChI is InChI=1S/C30H32ClN3O5/c1-38-28-19-27(25(31)18-22(28)20-35)32-29(36)14-17-34-15-7-10-23(13-16-34)39-30(37)33-26-12-6-5-11-24(26)21-8-3-2-4-9-21/h2-6,8-9,11-12,18-20,23H,7,10,13-17H2,1H3,(H,32,36)(H,33,37). The van der Waals surface area contributed by atoms with E-state index in [1.807, 2.05) is 54.6 Å². The van der Waals surface area contributed by atoms with E-state index in [0.29, 0.717) is 48.5 Å². The number of para-hydroxylation sites is 1. The molecule has 3 aromatic carbocycles. The number of carbonyl (C=O) groups excluding carboxylic acids is 3. The number of carbonyl (C=O) groups is 3. The van der Waals surface area contributed by atoms with Gasteiger partial charge in [0.1, 0.15) is 11.9 Å². The van der Waals surface area contributed by atoms with Crippen LogP contribution in [0.3, 0.4) is 0 Å². The SMILES string of the molecule is COc1cc(NC(=O)CCN2CCCC(OC(=O)Nc3ccccc3-c3ccccc3)CC2)c(Cl)cc1C=O. The highest BCUT2D eigenvalue weighted by Crippen LogP contribution is 2.30. The quantitative estimate of drug-likeness (QED) is 0.306. The Morgan fingerprint density at radius 1 is 1.00 bits per heavy atom. The van der Waals surface area contributed by atoms with Crippen molar-refractivity contribution in [2.45, 2.75) is 31.8 Å². The molecule has 1 aliphatic rings. The highest BCUT2D eigenvalue weighted by molar-refractivity contribution is 6.34. The summed E-state index contributed by atoms with van der Waals surface area (Å²) in [6.07, 6.45) is 2.56. The molecule has 0 bridgehead atoms. The van der Waals surface area contributed by atoms with Crippen LogP contribution in [0.4, 0.5) is 16.2 Å². The van der Waals surface area contributed by atoms with E-state index < -0.39 is 6.09 Å². The van der Waals surface area contributed by atoms with Crippen molar-refractivity contribution in [3.05, 3.63) is 77.3 Å². The maximum atomic E-state index is 12.7. The molecule has 9 heteroatoms. The lowest BCUT2D eigenvalue weighted by atomic mass is 10.0. The minimum Gasteiger partial charge on any atom is -0.496 e. The molecule has 0 radical (unpaired) electrons. The molecule has 0 aromatic heterocycles. The summed E-state index contributed by atoms with van der Waals surface area (Å²) >= 11 is 6.21. The van der Waals surface area contributed by atoms with Crippen molar-refractivity contribution >= 4 is 41.3 Å². The van der Waals surface area contributed by atoms with Gasteiger partial charge in [-0.15, -0.1) is 0 Å². The van der Waals surface area contributed by atoms with Crippen molar-refractivity contribution in [3.63, 3.8) is 0 Å². The van der Waals surface area contributed by atoms with Gasteiger partial charge in [0.2, 0.25) is 5.91 Å². The number of aldehydes is 1. The molecular weight excluding hydrogens is 518 g/mol. The number of likely N-dealkylation sites (tertiary alicyclic amines) is 1. The van der Waals surface area contributed by atoms with Crippen LogP contribution in [-0.2, 0) is 9.53 Å². The molecule has 204 valence electrons. The topological polar surface area (TPSA) is 97.0 Å². The summed E-state index contributed by atoms with van der Waals surface area (Å²) in [6.45, 7) is 2.10. The monoisotopic (exact) mass is 549 g/mol. The van der Waals surface area contributed by atoms with E-state index in [4.69, 9.17) is 21.1 Å². The van der Waals surface area contributed by atoms with Crippen molar-refractivity contribution in [1.29, 1.82) is 0 Å². The zero-order valence-electron chi connectivity index (χ0n) is 21.8. The molecule has 0 saturated carbocycles. The van der Waals surface area contributed by atoms with Crippen LogP contribution in [0.25, 0.3) is 11.1 Å². The molecule has 1 heterocycles. The zero-order chi connectivity index (χ0) is 27.6. The number of amides is 2. The van der Waals surface area contributed by atoms with Gasteiger partial charge < -0.3 is 19.7 Å². The van der Waals surface area contributed by atoms with Crippen LogP contribution in [-0.4, -0.2) is 56.0 Å². The first kappa shape index (κ1) is 28.1. The number of nitrogens with zero attached hydrogens (tertiary/aromatic N) is 1. The Bertz CT molecular complexity index is 1300. The molecule has 0 aliphatic carbocycles. The number of anilines is 2. The van der Waals surface area contributed by atoms with Crippen LogP contribution in [0, 0.1) is 0 Å². The average Bonchev–Trinajstić information content (AvgIpc) is 3.18. The van der Waals surface area contributed by atoms with Gasteiger partial charge in [-0.05, 0) is 43.5 Å². The first-order valence-corrected chi connectivity index (χ1v) is 13.3. The van der Waals surface area contributed by atoms with Gasteiger partial charge in [-0.3, -0.25) is 14.9 Å². The molecule has 2 amide bonds. The first-order chi connectivity index (χ1) is 19.0. The van der Waals surface area contributed by atoms with Crippen molar-refractivity contribution in [1.82, 2.24) is 4.90 Å². The molecule has 0 spiro atoms. The van der Waals surface area contributed by atoms with Crippen LogP contribution in [0.1, 0.15) is 36.0 Å². The zero-order valence-corrected chi connectivity index (χ0v) is 22.6. The Hall–Kier alpha value is -3.88. The van der Waals surface area contributed by atoms with E-state index >= 15 is 0 Å². The van der Waals surface area contributed by atoms with Gasteiger partial charge in [0, 0.05) is 31.1 Å². The Morgan fingerprint density at radius 3 is 2.54 bits per heavy atom. The predicted molar refractivity (Wildman–Crippen MR) is 153 cm³/mol. The maximum Gasteiger partial charge on any atom is 0.411 e. The summed E-state index contributed by atoms with van der Waals surface area (Å²) < 4.78 is 11.0. The molecule has 1 aliphatic heterocycles. The van der Waals surface area contributed by atoms with Crippen LogP contribution >= 0.6 is 11.6 Å². The fraction of sp³-hybridized carbons (Fsp3) is 0.300. The van der Waals surface area contributed by atoms with Crippen molar-refractivity contribution < 1.29 is 23.9 Å². The number of hydrogen-bond acceptors (Lipinski definition) is 6. The summed E-state index contributed by atoms with van der Waals surface area (Å²) in [5.41, 5.74) is 3.36. The average molecular weight is 550 g/mol. The number of ether oxygens (including phenoxy) is 2. The van der Waals surface area contributed by atoms with Crippen LogP contribution in [0.5, 0.6) is 5.75 Å². The van der Waals surface area contributed by atoms with Gasteiger partial charge >= 0.3 is 6.09 Å². The number of hydrogen-bond donors (Lipinski definition) is 2. The minimum absolute atomic E-state index is 0.189. The van der Waals surface area contributed by atoms with E-state index in [-0.39, 0.29) is 23.5 Å². The van der Waals surface area contributed by atoms with Crippen LogP contribution < -0.4 is 15.4 Å². The highest BCUT2D eigenvalue weighted by atomic mass is 35.5. The second-order valence-electron chi connectivity index (χ2n) is 9.33. The molecule has 1 fully saturated rings. The van der Waals surface area contributed by atoms with Gasteiger partial charge in [-0.1, -0.05) is 60.1 Å². The number of nitrogens with one attached hydrogen (secondary N) is 2. The minimum atomic E-state index is -0.468. The van der Waals surface area contributed by atoms with Crippen molar-refractivity contribution in [2.75, 3.05) is 37.4 Å². The van der Waals surface area contributed by atoms with Crippen LogP contribution in [0.15, 0.2) is 66.7 Å². The van der Waals surface area contributed by atoms with Gasteiger partial charge in [0.15, 0.2) is 6.29 Å². The summed E-state index contributed by atoms with van der Waals surface area (Å²) in [4.78, 5) is 38.6. The summed E-state index contributed by atoms with van der Waals surface area (Å²) in [6, 6.07) is 20.5. The van der Waals surface area contributed by atoms with E-state index in [1.54, 1.807) is 6.07 Å². The smallest absolute Gasteiger partial charge is 0.411 e. The Labute approximate surface area is 233 Å². The predicted octanol–water partition coefficient (Wildman–Crippen LogP) is 6.26. The number of methoxy groups -OCH3 is 1. The van der Waals surface area contributed by atoms with Gasteiger partial charge in [0.05, 0.1) is 29.1 Å². The number of benzene rings is 3. The van der Waals surface area contributed by atoms with Crippen molar-refractivity contribution in [2.24, 2.45) is 0 Å². The largest absolute Gasteiger partial charge is 0.496 e. The summed E-state index contributed by atoms with van der Waals surface area (Å²) in [5.74, 6) is 0.155. The van der Waals surface area contributed by atoms with E-state index in [1.165, 1.54) is 13.2 Å². The third-order valence-corrected chi connectivity index (χ3v) is 6.98. The second kappa shape index (κ2) is 13.8. The molecule has 4 rings (SSSR count). The number of halogens is 1. The summed E-state index contributed by atoms with van der Waals surface area (Å²) in [5, 5.41) is 5.97. The lowest BCUT2D eigenvalue weighted by Crippen LogP contribution is -2.30. The molecule has 8 nitrogen and oxygen atoms in total. The number of rotatable bonds is 9. The Morgan fingerprint density at radius 2 is 1.77 bits per heavy atom. The first-order valence-electron chi connectivity index (χ1n) is 12.9. The Kier molecular flexibility index (Phi) is 9.94. The molecule has 1 atom stereocenters. The van der Waals surface area contributed by atoms with Crippen molar-refractivity contribution in [3.8, 4) is 16.9 Å². The fourth-order valence-corrected chi connectivity index (χ4v) is 4.84. The normalized spacial score (nSPS) is 15.6.